The van der Waals surface area contributed by atoms with Gasteiger partial charge in [-0.15, -0.1) is 11.8 Å². The van der Waals surface area contributed by atoms with Gasteiger partial charge in [0.15, 0.2) is 0 Å². The summed E-state index contributed by atoms with van der Waals surface area (Å²) in [5.41, 5.74) is 1.89. The highest BCUT2D eigenvalue weighted by atomic mass is 32.2. The first-order valence-electron chi connectivity index (χ1n) is 8.39. The van der Waals surface area contributed by atoms with E-state index < -0.39 is 0 Å². The summed E-state index contributed by atoms with van der Waals surface area (Å²) < 4.78 is 5.66. The molecule has 3 rings (SSSR count). The topological polar surface area (TPSA) is 38.3 Å². The molecule has 0 saturated heterocycles. The third kappa shape index (κ3) is 4.12. The molecule has 0 aliphatic carbocycles. The number of ether oxygens (including phenoxy) is 1. The zero-order valence-electron chi connectivity index (χ0n) is 14.1. The molecule has 0 fully saturated rings. The number of fused-ring (bicyclic) bond motifs is 1. The number of thioether (sulfide) groups is 1. The Morgan fingerprint density at radius 1 is 1.21 bits per heavy atom. The highest BCUT2D eigenvalue weighted by molar-refractivity contribution is 7.99. The minimum atomic E-state index is -0.0305. The second kappa shape index (κ2) is 7.75. The van der Waals surface area contributed by atoms with E-state index >= 15 is 0 Å². The van der Waals surface area contributed by atoms with Crippen molar-refractivity contribution >= 4 is 17.7 Å². The van der Waals surface area contributed by atoms with E-state index in [4.69, 9.17) is 4.74 Å². The lowest BCUT2D eigenvalue weighted by Gasteiger charge is -2.25. The lowest BCUT2D eigenvalue weighted by molar-refractivity contribution is 0.0935. The molecule has 24 heavy (non-hydrogen) atoms. The van der Waals surface area contributed by atoms with Crippen molar-refractivity contribution in [1.29, 1.82) is 0 Å². The van der Waals surface area contributed by atoms with Crippen molar-refractivity contribution in [2.75, 3.05) is 12.4 Å². The van der Waals surface area contributed by atoms with E-state index in [0.717, 1.165) is 17.9 Å². The zero-order valence-corrected chi connectivity index (χ0v) is 14.9. The minimum Gasteiger partial charge on any atom is -0.493 e. The number of carbonyl (C=O) groups excluding carboxylic acids is 1. The summed E-state index contributed by atoms with van der Waals surface area (Å²) in [5.74, 6) is 2.29. The zero-order chi connectivity index (χ0) is 16.9. The van der Waals surface area contributed by atoms with Crippen molar-refractivity contribution in [3.8, 4) is 5.75 Å². The number of benzene rings is 2. The van der Waals surface area contributed by atoms with E-state index in [2.05, 4.69) is 31.3 Å². The van der Waals surface area contributed by atoms with Gasteiger partial charge in [0.05, 0.1) is 12.6 Å². The van der Waals surface area contributed by atoms with Gasteiger partial charge in [-0.1, -0.05) is 32.0 Å². The maximum Gasteiger partial charge on any atom is 0.251 e. The first-order chi connectivity index (χ1) is 11.6. The van der Waals surface area contributed by atoms with Crippen LogP contribution in [-0.4, -0.2) is 18.3 Å². The first kappa shape index (κ1) is 16.9. The summed E-state index contributed by atoms with van der Waals surface area (Å²) in [5, 5.41) is 3.17. The molecule has 1 amide bonds. The van der Waals surface area contributed by atoms with Crippen LogP contribution in [0.4, 0.5) is 0 Å². The van der Waals surface area contributed by atoms with Gasteiger partial charge in [-0.2, -0.15) is 0 Å². The van der Waals surface area contributed by atoms with Gasteiger partial charge in [0.1, 0.15) is 5.75 Å². The van der Waals surface area contributed by atoms with Crippen LogP contribution in [0.1, 0.15) is 42.2 Å². The number of hydrogen-bond acceptors (Lipinski definition) is 3. The molecule has 2 aromatic rings. The SMILES string of the molecule is CC(C)COc1ccc(C(=O)N[C@@H]2CCSc3ccccc32)cc1. The largest absolute Gasteiger partial charge is 0.493 e. The molecule has 0 bridgehead atoms. The normalized spacial score (nSPS) is 16.5. The third-order valence-corrected chi connectivity index (χ3v) is 5.09. The van der Waals surface area contributed by atoms with Crippen molar-refractivity contribution in [3.05, 3.63) is 59.7 Å². The van der Waals surface area contributed by atoms with Crippen LogP contribution in [-0.2, 0) is 0 Å². The second-order valence-corrected chi connectivity index (χ2v) is 7.57. The molecular weight excluding hydrogens is 318 g/mol. The lowest BCUT2D eigenvalue weighted by atomic mass is 10.0. The summed E-state index contributed by atoms with van der Waals surface area (Å²) >= 11 is 1.86. The number of amides is 1. The molecule has 1 aliphatic heterocycles. The molecule has 0 spiro atoms. The van der Waals surface area contributed by atoms with Gasteiger partial charge in [-0.25, -0.2) is 0 Å². The number of carbonyl (C=O) groups is 1. The molecule has 4 heteroatoms. The third-order valence-electron chi connectivity index (χ3n) is 3.96. The van der Waals surface area contributed by atoms with Crippen LogP contribution in [0.5, 0.6) is 5.75 Å². The van der Waals surface area contributed by atoms with Crippen molar-refractivity contribution in [1.82, 2.24) is 5.32 Å². The van der Waals surface area contributed by atoms with E-state index in [1.165, 1.54) is 10.5 Å². The summed E-state index contributed by atoms with van der Waals surface area (Å²) in [7, 11) is 0. The van der Waals surface area contributed by atoms with Crippen LogP contribution >= 0.6 is 11.8 Å². The molecule has 0 unspecified atom stereocenters. The maximum absolute atomic E-state index is 12.5. The molecular formula is C20H23NO2S. The van der Waals surface area contributed by atoms with E-state index in [0.29, 0.717) is 18.1 Å². The second-order valence-electron chi connectivity index (χ2n) is 6.43. The van der Waals surface area contributed by atoms with E-state index in [-0.39, 0.29) is 11.9 Å². The Morgan fingerprint density at radius 3 is 2.71 bits per heavy atom. The number of rotatable bonds is 5. The van der Waals surface area contributed by atoms with Crippen LogP contribution in [0.2, 0.25) is 0 Å². The molecule has 0 aromatic heterocycles. The van der Waals surface area contributed by atoms with Crippen molar-refractivity contribution in [2.24, 2.45) is 5.92 Å². The van der Waals surface area contributed by atoms with Crippen LogP contribution in [0.15, 0.2) is 53.4 Å². The highest BCUT2D eigenvalue weighted by Gasteiger charge is 2.22. The van der Waals surface area contributed by atoms with Gasteiger partial charge >= 0.3 is 0 Å². The monoisotopic (exact) mass is 341 g/mol. The summed E-state index contributed by atoms with van der Waals surface area (Å²) in [6, 6.07) is 15.8. The molecule has 1 aliphatic rings. The Kier molecular flexibility index (Phi) is 5.46. The average Bonchev–Trinajstić information content (AvgIpc) is 2.60. The maximum atomic E-state index is 12.5. The summed E-state index contributed by atoms with van der Waals surface area (Å²) in [6.45, 7) is 4.91. The number of nitrogens with one attached hydrogen (secondary N) is 1. The van der Waals surface area contributed by atoms with E-state index in [1.54, 1.807) is 0 Å². The molecule has 1 heterocycles. The van der Waals surface area contributed by atoms with Gasteiger partial charge in [0.2, 0.25) is 0 Å². The quantitative estimate of drug-likeness (QED) is 0.857. The van der Waals surface area contributed by atoms with Crippen LogP contribution < -0.4 is 10.1 Å². The van der Waals surface area contributed by atoms with Gasteiger partial charge in [0, 0.05) is 16.2 Å². The Bertz CT molecular complexity index is 697. The average molecular weight is 341 g/mol. The molecule has 3 nitrogen and oxygen atoms in total. The molecule has 1 N–H and O–H groups in total. The standard InChI is InChI=1S/C20H23NO2S/c1-14(2)13-23-16-9-7-15(8-10-16)20(22)21-18-11-12-24-19-6-4-3-5-17(18)19/h3-10,14,18H,11-13H2,1-2H3,(H,21,22)/t18-/m1/s1. The summed E-state index contributed by atoms with van der Waals surface area (Å²) in [4.78, 5) is 13.8. The smallest absolute Gasteiger partial charge is 0.251 e. The van der Waals surface area contributed by atoms with Gasteiger partial charge in [0.25, 0.3) is 5.91 Å². The van der Waals surface area contributed by atoms with Crippen molar-refractivity contribution in [3.63, 3.8) is 0 Å². The molecule has 0 saturated carbocycles. The van der Waals surface area contributed by atoms with Gasteiger partial charge < -0.3 is 10.1 Å². The van der Waals surface area contributed by atoms with Gasteiger partial charge in [-0.3, -0.25) is 4.79 Å². The molecule has 1 atom stereocenters. The lowest BCUT2D eigenvalue weighted by Crippen LogP contribution is -2.30. The fourth-order valence-electron chi connectivity index (χ4n) is 2.70. The Balaban J connectivity index is 1.65. The molecule has 2 aromatic carbocycles. The van der Waals surface area contributed by atoms with E-state index in [1.807, 2.05) is 48.2 Å². The van der Waals surface area contributed by atoms with Crippen LogP contribution in [0.3, 0.4) is 0 Å². The van der Waals surface area contributed by atoms with Crippen LogP contribution in [0, 0.1) is 5.92 Å². The Labute approximate surface area is 147 Å². The molecule has 0 radical (unpaired) electrons. The predicted octanol–water partition coefficient (Wildman–Crippen LogP) is 4.69. The Morgan fingerprint density at radius 2 is 1.96 bits per heavy atom. The first-order valence-corrected chi connectivity index (χ1v) is 9.37. The number of hydrogen-bond donors (Lipinski definition) is 1. The van der Waals surface area contributed by atoms with E-state index in [9.17, 15) is 4.79 Å². The fraction of sp³-hybridized carbons (Fsp3) is 0.350. The minimum absolute atomic E-state index is 0.0305. The summed E-state index contributed by atoms with van der Waals surface area (Å²) in [6.07, 6.45) is 0.961. The van der Waals surface area contributed by atoms with Gasteiger partial charge in [-0.05, 0) is 48.2 Å². The van der Waals surface area contributed by atoms with Crippen molar-refractivity contribution in [2.45, 2.75) is 31.2 Å². The highest BCUT2D eigenvalue weighted by Crippen LogP contribution is 2.35. The Hall–Kier alpha value is -1.94. The fourth-order valence-corrected chi connectivity index (χ4v) is 3.82. The van der Waals surface area contributed by atoms with Crippen LogP contribution in [0.25, 0.3) is 0 Å². The molecule has 126 valence electrons. The predicted molar refractivity (Wildman–Crippen MR) is 98.8 cm³/mol. The van der Waals surface area contributed by atoms with Crippen molar-refractivity contribution < 1.29 is 9.53 Å².